The predicted octanol–water partition coefficient (Wildman–Crippen LogP) is 1.50. The van der Waals surface area contributed by atoms with Crippen LogP contribution in [0.4, 0.5) is 5.82 Å². The fraction of sp³-hybridized carbons (Fsp3) is 0.667. The first-order valence-electron chi connectivity index (χ1n) is 9.33. The van der Waals surface area contributed by atoms with Crippen LogP contribution in [0.5, 0.6) is 0 Å². The zero-order valence-electron chi connectivity index (χ0n) is 17.5. The molecule has 1 aromatic rings. The summed E-state index contributed by atoms with van der Waals surface area (Å²) in [6.07, 6.45) is 1.28. The van der Waals surface area contributed by atoms with Crippen molar-refractivity contribution < 1.29 is 24.2 Å². The summed E-state index contributed by atoms with van der Waals surface area (Å²) in [5.74, 6) is -3.09. The van der Waals surface area contributed by atoms with Gasteiger partial charge in [0.2, 0.25) is 5.72 Å². The molecule has 2 rings (SSSR count). The van der Waals surface area contributed by atoms with Crippen molar-refractivity contribution in [2.24, 2.45) is 22.4 Å². The predicted molar refractivity (Wildman–Crippen MR) is 105 cm³/mol. The number of aliphatic carboxylic acids is 1. The topological polar surface area (TPSA) is 182 Å². The fourth-order valence-electron chi connectivity index (χ4n) is 4.25. The number of rotatable bonds is 7. The van der Waals surface area contributed by atoms with Crippen LogP contribution in [0.2, 0.25) is 0 Å². The number of nitrogens with zero attached hydrogens (tertiary/aromatic N) is 5. The number of hydrogen-bond donors (Lipinski definition) is 2. The Morgan fingerprint density at radius 2 is 2.20 bits per heavy atom. The molecular weight excluding hydrogens is 396 g/mol. The molecule has 12 heteroatoms. The SMILES string of the molecule is CC(C)C(=O)OCC1(N=[N+]=[N-])OCC(C)C1(n1ccc(N)nc1=O)C(C)(C)C(=O)O. The largest absolute Gasteiger partial charge is 0.481 e. The average Bonchev–Trinajstić information content (AvgIpc) is 2.93. The second kappa shape index (κ2) is 7.96. The van der Waals surface area contributed by atoms with Gasteiger partial charge < -0.3 is 20.3 Å². The fourth-order valence-corrected chi connectivity index (χ4v) is 4.25. The zero-order chi connectivity index (χ0) is 22.9. The Kier molecular flexibility index (Phi) is 6.15. The molecule has 3 unspecified atom stereocenters. The number of esters is 1. The zero-order valence-corrected chi connectivity index (χ0v) is 17.5. The quantitative estimate of drug-likeness (QED) is 0.287. The number of azide groups is 1. The van der Waals surface area contributed by atoms with Crippen LogP contribution in [-0.4, -0.2) is 45.5 Å². The molecule has 0 amide bonds. The van der Waals surface area contributed by atoms with Gasteiger partial charge in [0.1, 0.15) is 18.0 Å². The number of hydrogen-bond acceptors (Lipinski definition) is 8. The summed E-state index contributed by atoms with van der Waals surface area (Å²) in [5.41, 5.74) is 8.51. The van der Waals surface area contributed by atoms with Gasteiger partial charge in [-0.3, -0.25) is 14.2 Å². The number of anilines is 1. The van der Waals surface area contributed by atoms with Crippen molar-refractivity contribution >= 4 is 17.8 Å². The van der Waals surface area contributed by atoms with Gasteiger partial charge in [0.05, 0.1) is 17.9 Å². The first-order valence-corrected chi connectivity index (χ1v) is 9.33. The Morgan fingerprint density at radius 1 is 1.57 bits per heavy atom. The lowest BCUT2D eigenvalue weighted by Gasteiger charge is -2.51. The molecule has 1 aromatic heterocycles. The molecule has 1 fully saturated rings. The monoisotopic (exact) mass is 422 g/mol. The third-order valence-electron chi connectivity index (χ3n) is 5.66. The van der Waals surface area contributed by atoms with Crippen molar-refractivity contribution in [2.45, 2.75) is 45.9 Å². The number of carbonyl (C=O) groups is 2. The molecule has 164 valence electrons. The van der Waals surface area contributed by atoms with Crippen LogP contribution in [0.3, 0.4) is 0 Å². The molecule has 3 N–H and O–H groups in total. The maximum absolute atomic E-state index is 12.9. The molecule has 1 saturated heterocycles. The summed E-state index contributed by atoms with van der Waals surface area (Å²) in [5, 5.41) is 13.9. The van der Waals surface area contributed by atoms with E-state index in [4.69, 9.17) is 15.2 Å². The normalized spacial score (nSPS) is 26.3. The lowest BCUT2D eigenvalue weighted by atomic mass is 9.61. The van der Waals surface area contributed by atoms with Gasteiger partial charge in [0.15, 0.2) is 0 Å². The molecule has 0 spiro atoms. The molecule has 0 aromatic carbocycles. The van der Waals surface area contributed by atoms with Crippen LogP contribution in [0, 0.1) is 17.3 Å². The summed E-state index contributed by atoms with van der Waals surface area (Å²) < 4.78 is 12.2. The van der Waals surface area contributed by atoms with Crippen LogP contribution in [0.15, 0.2) is 22.2 Å². The van der Waals surface area contributed by atoms with Gasteiger partial charge in [-0.05, 0) is 25.4 Å². The molecule has 1 aliphatic rings. The Hall–Kier alpha value is -3.11. The molecule has 0 aliphatic carbocycles. The highest BCUT2D eigenvalue weighted by molar-refractivity contribution is 5.76. The van der Waals surface area contributed by atoms with Crippen LogP contribution >= 0.6 is 0 Å². The highest BCUT2D eigenvalue weighted by Crippen LogP contribution is 2.56. The molecule has 0 bridgehead atoms. The van der Waals surface area contributed by atoms with Gasteiger partial charge >= 0.3 is 17.6 Å². The van der Waals surface area contributed by atoms with Gasteiger partial charge in [-0.25, -0.2) is 4.79 Å². The van der Waals surface area contributed by atoms with Crippen molar-refractivity contribution in [1.82, 2.24) is 9.55 Å². The van der Waals surface area contributed by atoms with Crippen molar-refractivity contribution in [3.63, 3.8) is 0 Å². The van der Waals surface area contributed by atoms with E-state index in [0.29, 0.717) is 0 Å². The first kappa shape index (κ1) is 23.2. The van der Waals surface area contributed by atoms with Crippen molar-refractivity contribution in [2.75, 3.05) is 18.9 Å². The number of nitrogens with two attached hydrogens (primary N) is 1. The summed E-state index contributed by atoms with van der Waals surface area (Å²) in [7, 11) is 0. The lowest BCUT2D eigenvalue weighted by molar-refractivity contribution is -0.183. The highest BCUT2D eigenvalue weighted by Gasteiger charge is 2.71. The lowest BCUT2D eigenvalue weighted by Crippen LogP contribution is -2.68. The van der Waals surface area contributed by atoms with E-state index in [1.807, 2.05) is 0 Å². The Morgan fingerprint density at radius 3 is 2.70 bits per heavy atom. The summed E-state index contributed by atoms with van der Waals surface area (Å²) >= 11 is 0. The van der Waals surface area contributed by atoms with Crippen LogP contribution in [0.1, 0.15) is 34.6 Å². The number of carbonyl (C=O) groups excluding carboxylic acids is 1. The molecule has 3 atom stereocenters. The molecular formula is C18H26N6O6. The number of aromatic nitrogens is 2. The average molecular weight is 422 g/mol. The highest BCUT2D eigenvalue weighted by atomic mass is 16.6. The van der Waals surface area contributed by atoms with Crippen molar-refractivity contribution in [1.29, 1.82) is 0 Å². The van der Waals surface area contributed by atoms with E-state index in [0.717, 1.165) is 4.57 Å². The van der Waals surface area contributed by atoms with E-state index in [1.54, 1.807) is 20.8 Å². The van der Waals surface area contributed by atoms with Crippen molar-refractivity contribution in [3.8, 4) is 0 Å². The van der Waals surface area contributed by atoms with Gasteiger partial charge in [-0.15, -0.1) is 0 Å². The van der Waals surface area contributed by atoms with Crippen molar-refractivity contribution in [3.05, 3.63) is 33.2 Å². The van der Waals surface area contributed by atoms with E-state index in [1.165, 1.54) is 26.1 Å². The molecule has 12 nitrogen and oxygen atoms in total. The molecule has 0 saturated carbocycles. The summed E-state index contributed by atoms with van der Waals surface area (Å²) in [4.78, 5) is 44.0. The maximum Gasteiger partial charge on any atom is 0.350 e. The second-order valence-electron chi connectivity index (χ2n) is 8.15. The minimum Gasteiger partial charge on any atom is -0.481 e. The molecule has 2 heterocycles. The summed E-state index contributed by atoms with van der Waals surface area (Å²) in [6, 6.07) is 1.33. The van der Waals surface area contributed by atoms with Gasteiger partial charge in [-0.2, -0.15) is 4.98 Å². The Bertz CT molecular complexity index is 953. The minimum absolute atomic E-state index is 0.0632. The van der Waals surface area contributed by atoms with E-state index in [9.17, 15) is 25.0 Å². The van der Waals surface area contributed by atoms with Crippen LogP contribution in [0.25, 0.3) is 10.4 Å². The van der Waals surface area contributed by atoms with Crippen LogP contribution in [-0.2, 0) is 24.6 Å². The smallest absolute Gasteiger partial charge is 0.350 e. The summed E-state index contributed by atoms with van der Waals surface area (Å²) in [6.45, 7) is 7.00. The van der Waals surface area contributed by atoms with E-state index < -0.39 is 52.7 Å². The Balaban J connectivity index is 2.91. The third kappa shape index (κ3) is 3.27. The maximum atomic E-state index is 12.9. The Labute approximate surface area is 172 Å². The van der Waals surface area contributed by atoms with Gasteiger partial charge in [0, 0.05) is 17.0 Å². The first-order chi connectivity index (χ1) is 13.9. The number of nitrogen functional groups attached to an aromatic ring is 1. The van der Waals surface area contributed by atoms with Gasteiger partial charge in [-0.1, -0.05) is 25.9 Å². The minimum atomic E-state index is -2.03. The number of ether oxygens (including phenoxy) is 2. The van der Waals surface area contributed by atoms with Crippen LogP contribution < -0.4 is 11.4 Å². The van der Waals surface area contributed by atoms with E-state index in [-0.39, 0.29) is 12.4 Å². The second-order valence-corrected chi connectivity index (χ2v) is 8.15. The number of carboxylic acids is 1. The number of carboxylic acid groups (broad SMARTS) is 1. The molecule has 30 heavy (non-hydrogen) atoms. The molecule has 0 radical (unpaired) electrons. The standard InChI is InChI=1S/C18H26N6O6/c1-10(2)13(25)29-9-17(22-23-20)18(11(3)8-30-17,16(4,5)14(26)27)24-7-6-12(19)21-15(24)28/h6-7,10-11H,8-9H2,1-5H3,(H,26,27)(H2,19,21,28). The van der Waals surface area contributed by atoms with E-state index in [2.05, 4.69) is 15.0 Å². The molecule has 1 aliphatic heterocycles. The van der Waals surface area contributed by atoms with Gasteiger partial charge in [0.25, 0.3) is 0 Å². The third-order valence-corrected chi connectivity index (χ3v) is 5.66. The van der Waals surface area contributed by atoms with E-state index >= 15 is 0 Å².